The van der Waals surface area contributed by atoms with Crippen molar-refractivity contribution in [3.05, 3.63) is 29.8 Å². The molecule has 0 radical (unpaired) electrons. The van der Waals surface area contributed by atoms with Gasteiger partial charge in [0, 0.05) is 24.3 Å². The summed E-state index contributed by atoms with van der Waals surface area (Å²) in [7, 11) is 2.22. The average Bonchev–Trinajstić information content (AvgIpc) is 2.35. The van der Waals surface area contributed by atoms with E-state index in [1.165, 1.54) is 30.6 Å². The molecule has 1 heterocycles. The molecule has 2 nitrogen and oxygen atoms in total. The van der Waals surface area contributed by atoms with Gasteiger partial charge in [0.05, 0.1) is 0 Å². The normalized spacial score (nSPS) is 25.8. The molecule has 1 saturated heterocycles. The van der Waals surface area contributed by atoms with Crippen LogP contribution in [-0.2, 0) is 6.42 Å². The fourth-order valence-electron chi connectivity index (χ4n) is 2.49. The van der Waals surface area contributed by atoms with Crippen LogP contribution in [-0.4, -0.2) is 30.6 Å². The molecule has 1 fully saturated rings. The molecular formula is C15H24N2. The van der Waals surface area contributed by atoms with Crippen molar-refractivity contribution >= 4 is 5.69 Å². The highest BCUT2D eigenvalue weighted by Gasteiger charge is 2.22. The summed E-state index contributed by atoms with van der Waals surface area (Å²) in [6.07, 6.45) is 3.61. The summed E-state index contributed by atoms with van der Waals surface area (Å²) in [6.45, 7) is 5.71. The molecule has 1 aromatic rings. The number of hydrogen-bond acceptors (Lipinski definition) is 2. The molecule has 0 saturated carbocycles. The highest BCUT2D eigenvalue weighted by Crippen LogP contribution is 2.20. The molecule has 2 atom stereocenters. The van der Waals surface area contributed by atoms with Crippen LogP contribution in [0.2, 0.25) is 0 Å². The Morgan fingerprint density at radius 3 is 2.59 bits per heavy atom. The summed E-state index contributed by atoms with van der Waals surface area (Å²) in [5, 5.41) is 3.66. The van der Waals surface area contributed by atoms with Gasteiger partial charge in [0.2, 0.25) is 0 Å². The Morgan fingerprint density at radius 1 is 1.29 bits per heavy atom. The number of anilines is 1. The number of piperidine rings is 1. The lowest BCUT2D eigenvalue weighted by Gasteiger charge is -2.35. The van der Waals surface area contributed by atoms with Crippen molar-refractivity contribution in [3.8, 4) is 0 Å². The summed E-state index contributed by atoms with van der Waals surface area (Å²) in [6, 6.07) is 10.2. The largest absolute Gasteiger partial charge is 0.382 e. The molecule has 0 aromatic heterocycles. The molecule has 2 heteroatoms. The molecule has 1 N–H and O–H groups in total. The molecule has 0 amide bonds. The van der Waals surface area contributed by atoms with E-state index in [1.807, 2.05) is 0 Å². The Labute approximate surface area is 105 Å². The van der Waals surface area contributed by atoms with Crippen LogP contribution in [0.5, 0.6) is 0 Å². The van der Waals surface area contributed by atoms with Crippen molar-refractivity contribution in [1.29, 1.82) is 0 Å². The third-order valence-electron chi connectivity index (χ3n) is 3.94. The molecule has 0 bridgehead atoms. The Hall–Kier alpha value is -1.02. The first kappa shape index (κ1) is 12.4. The highest BCUT2D eigenvalue weighted by atomic mass is 15.1. The minimum atomic E-state index is 0.633. The number of rotatable bonds is 3. The number of nitrogens with one attached hydrogen (secondary N) is 1. The second-order valence-electron chi connectivity index (χ2n) is 5.25. The van der Waals surface area contributed by atoms with E-state index >= 15 is 0 Å². The zero-order valence-electron chi connectivity index (χ0n) is 11.2. The maximum absolute atomic E-state index is 3.66. The van der Waals surface area contributed by atoms with E-state index in [2.05, 4.69) is 55.4 Å². The minimum absolute atomic E-state index is 0.633. The van der Waals surface area contributed by atoms with Gasteiger partial charge in [-0.15, -0.1) is 0 Å². The van der Waals surface area contributed by atoms with Crippen LogP contribution in [0.25, 0.3) is 0 Å². The van der Waals surface area contributed by atoms with Crippen molar-refractivity contribution in [2.75, 3.05) is 18.9 Å². The van der Waals surface area contributed by atoms with Gasteiger partial charge in [-0.25, -0.2) is 0 Å². The summed E-state index contributed by atoms with van der Waals surface area (Å²) in [5.41, 5.74) is 2.68. The SMILES string of the molecule is CCc1ccc(NC2CCN(C)C(C)C2)cc1. The van der Waals surface area contributed by atoms with Gasteiger partial charge in [-0.05, 0) is 50.9 Å². The molecule has 2 unspecified atom stereocenters. The fraction of sp³-hybridized carbons (Fsp3) is 0.600. The zero-order chi connectivity index (χ0) is 12.3. The van der Waals surface area contributed by atoms with Crippen molar-refractivity contribution < 1.29 is 0 Å². The monoisotopic (exact) mass is 232 g/mol. The second kappa shape index (κ2) is 5.54. The van der Waals surface area contributed by atoms with Crippen LogP contribution in [0.15, 0.2) is 24.3 Å². The lowest BCUT2D eigenvalue weighted by atomic mass is 9.98. The molecule has 0 spiro atoms. The van der Waals surface area contributed by atoms with Gasteiger partial charge >= 0.3 is 0 Å². The maximum atomic E-state index is 3.66. The van der Waals surface area contributed by atoms with Gasteiger partial charge in [0.1, 0.15) is 0 Å². The Bertz CT molecular complexity index is 344. The fourth-order valence-corrected chi connectivity index (χ4v) is 2.49. The van der Waals surface area contributed by atoms with Crippen LogP contribution >= 0.6 is 0 Å². The van der Waals surface area contributed by atoms with Gasteiger partial charge < -0.3 is 10.2 Å². The predicted octanol–water partition coefficient (Wildman–Crippen LogP) is 3.14. The topological polar surface area (TPSA) is 15.3 Å². The summed E-state index contributed by atoms with van der Waals surface area (Å²) in [5.74, 6) is 0. The van der Waals surface area contributed by atoms with Crippen LogP contribution in [0.4, 0.5) is 5.69 Å². The number of likely N-dealkylation sites (tertiary alicyclic amines) is 1. The summed E-state index contributed by atoms with van der Waals surface area (Å²) < 4.78 is 0. The average molecular weight is 232 g/mol. The Balaban J connectivity index is 1.92. The molecule has 1 aromatic carbocycles. The second-order valence-corrected chi connectivity index (χ2v) is 5.25. The van der Waals surface area contributed by atoms with Crippen molar-refractivity contribution in [3.63, 3.8) is 0 Å². The van der Waals surface area contributed by atoms with E-state index in [-0.39, 0.29) is 0 Å². The smallest absolute Gasteiger partial charge is 0.0342 e. The number of benzene rings is 1. The first-order valence-electron chi connectivity index (χ1n) is 6.74. The van der Waals surface area contributed by atoms with Crippen LogP contribution in [0.1, 0.15) is 32.3 Å². The van der Waals surface area contributed by atoms with Crippen molar-refractivity contribution in [2.45, 2.75) is 45.2 Å². The standard InChI is InChI=1S/C15H24N2/c1-4-13-5-7-14(8-6-13)16-15-9-10-17(3)12(2)11-15/h5-8,12,15-16H,4,9-11H2,1-3H3. The maximum Gasteiger partial charge on any atom is 0.0342 e. The van der Waals surface area contributed by atoms with Crippen molar-refractivity contribution in [1.82, 2.24) is 4.90 Å². The van der Waals surface area contributed by atoms with Gasteiger partial charge in [0.15, 0.2) is 0 Å². The lowest BCUT2D eigenvalue weighted by molar-refractivity contribution is 0.190. The van der Waals surface area contributed by atoms with Gasteiger partial charge in [-0.3, -0.25) is 0 Å². The van der Waals surface area contributed by atoms with Crippen molar-refractivity contribution in [2.24, 2.45) is 0 Å². The summed E-state index contributed by atoms with van der Waals surface area (Å²) >= 11 is 0. The molecule has 2 rings (SSSR count). The lowest BCUT2D eigenvalue weighted by Crippen LogP contribution is -2.42. The summed E-state index contributed by atoms with van der Waals surface area (Å²) in [4.78, 5) is 2.44. The van der Waals surface area contributed by atoms with E-state index in [0.29, 0.717) is 12.1 Å². The van der Waals surface area contributed by atoms with E-state index in [9.17, 15) is 0 Å². The van der Waals surface area contributed by atoms with Crippen LogP contribution < -0.4 is 5.32 Å². The van der Waals surface area contributed by atoms with E-state index in [0.717, 1.165) is 6.42 Å². The van der Waals surface area contributed by atoms with Gasteiger partial charge in [0.25, 0.3) is 0 Å². The molecular weight excluding hydrogens is 208 g/mol. The Morgan fingerprint density at radius 2 is 2.00 bits per heavy atom. The Kier molecular flexibility index (Phi) is 4.06. The zero-order valence-corrected chi connectivity index (χ0v) is 11.2. The third-order valence-corrected chi connectivity index (χ3v) is 3.94. The molecule has 1 aliphatic rings. The highest BCUT2D eigenvalue weighted by molar-refractivity contribution is 5.45. The quantitative estimate of drug-likeness (QED) is 0.861. The van der Waals surface area contributed by atoms with E-state index in [4.69, 9.17) is 0 Å². The first-order valence-corrected chi connectivity index (χ1v) is 6.74. The van der Waals surface area contributed by atoms with Gasteiger partial charge in [-0.2, -0.15) is 0 Å². The first-order chi connectivity index (χ1) is 8.19. The minimum Gasteiger partial charge on any atom is -0.382 e. The molecule has 17 heavy (non-hydrogen) atoms. The molecule has 94 valence electrons. The van der Waals surface area contributed by atoms with E-state index < -0.39 is 0 Å². The third kappa shape index (κ3) is 3.22. The number of aryl methyl sites for hydroxylation is 1. The molecule has 1 aliphatic heterocycles. The van der Waals surface area contributed by atoms with Crippen LogP contribution in [0.3, 0.4) is 0 Å². The van der Waals surface area contributed by atoms with Crippen LogP contribution in [0, 0.1) is 0 Å². The predicted molar refractivity (Wildman–Crippen MR) is 74.6 cm³/mol. The van der Waals surface area contributed by atoms with Gasteiger partial charge in [-0.1, -0.05) is 19.1 Å². The number of hydrogen-bond donors (Lipinski definition) is 1. The molecule has 0 aliphatic carbocycles. The van der Waals surface area contributed by atoms with E-state index in [1.54, 1.807) is 0 Å². The number of nitrogens with zero attached hydrogens (tertiary/aromatic N) is 1.